The number of carbonyl (C=O) groups excluding carboxylic acids is 1. The Labute approximate surface area is 129 Å². The number of anilines is 2. The van der Waals surface area contributed by atoms with E-state index >= 15 is 0 Å². The maximum Gasteiger partial charge on any atom is 0.227 e. The highest BCUT2D eigenvalue weighted by Crippen LogP contribution is 2.34. The third-order valence-electron chi connectivity index (χ3n) is 3.80. The van der Waals surface area contributed by atoms with E-state index in [1.54, 1.807) is 13.3 Å². The lowest BCUT2D eigenvalue weighted by atomic mass is 9.76. The number of Topliss-reactive ketones (excluding diaryl/α,β-unsaturated/α-hetero) is 1. The molecule has 5 heteroatoms. The fourth-order valence-electron chi connectivity index (χ4n) is 2.69. The van der Waals surface area contributed by atoms with Crippen LogP contribution in [0.5, 0.6) is 5.75 Å². The van der Waals surface area contributed by atoms with Crippen LogP contribution in [0.25, 0.3) is 0 Å². The third kappa shape index (κ3) is 2.93. The fourth-order valence-corrected chi connectivity index (χ4v) is 2.69. The van der Waals surface area contributed by atoms with Gasteiger partial charge in [0.25, 0.3) is 0 Å². The first-order valence-corrected chi connectivity index (χ1v) is 7.27. The fraction of sp³-hybridized carbons (Fsp3) is 0.353. The predicted octanol–water partition coefficient (Wildman–Crippen LogP) is 3.38. The molecule has 22 heavy (non-hydrogen) atoms. The lowest BCUT2D eigenvalue weighted by Crippen LogP contribution is -2.28. The van der Waals surface area contributed by atoms with Gasteiger partial charge in [-0.15, -0.1) is 0 Å². The van der Waals surface area contributed by atoms with Gasteiger partial charge < -0.3 is 10.1 Å². The van der Waals surface area contributed by atoms with E-state index in [1.165, 1.54) is 0 Å². The van der Waals surface area contributed by atoms with E-state index in [1.807, 2.05) is 24.3 Å². The average Bonchev–Trinajstić information content (AvgIpc) is 2.46. The number of ketones is 1. The Balaban J connectivity index is 1.85. The summed E-state index contributed by atoms with van der Waals surface area (Å²) < 4.78 is 5.13. The number of methoxy groups -OCH3 is 1. The second-order valence-corrected chi connectivity index (χ2v) is 6.35. The summed E-state index contributed by atoms with van der Waals surface area (Å²) in [5.41, 5.74) is 2.31. The zero-order valence-corrected chi connectivity index (χ0v) is 13.0. The highest BCUT2D eigenvalue weighted by molar-refractivity contribution is 5.98. The maximum atomic E-state index is 12.1. The second-order valence-electron chi connectivity index (χ2n) is 6.35. The summed E-state index contributed by atoms with van der Waals surface area (Å²) in [5.74, 6) is 1.43. The monoisotopic (exact) mass is 297 g/mol. The van der Waals surface area contributed by atoms with Crippen molar-refractivity contribution in [2.24, 2.45) is 5.41 Å². The van der Waals surface area contributed by atoms with E-state index in [2.05, 4.69) is 29.1 Å². The van der Waals surface area contributed by atoms with Crippen molar-refractivity contribution in [3.05, 3.63) is 41.7 Å². The first-order chi connectivity index (χ1) is 10.5. The SMILES string of the molecule is COc1ccc(Nc2ncc3c(n2)CC(C)(C)CC3=O)cc1. The van der Waals surface area contributed by atoms with Crippen molar-refractivity contribution in [1.82, 2.24) is 9.97 Å². The van der Waals surface area contributed by atoms with Gasteiger partial charge in [-0.3, -0.25) is 4.79 Å². The van der Waals surface area contributed by atoms with Crippen LogP contribution in [-0.2, 0) is 6.42 Å². The number of nitrogens with zero attached hydrogens (tertiary/aromatic N) is 2. The Bertz CT molecular complexity index is 708. The van der Waals surface area contributed by atoms with Crippen LogP contribution in [-0.4, -0.2) is 22.9 Å². The van der Waals surface area contributed by atoms with Crippen LogP contribution in [0.2, 0.25) is 0 Å². The first-order valence-electron chi connectivity index (χ1n) is 7.27. The van der Waals surface area contributed by atoms with Gasteiger partial charge in [-0.05, 0) is 36.1 Å². The number of hydrogen-bond donors (Lipinski definition) is 1. The number of fused-ring (bicyclic) bond motifs is 1. The minimum Gasteiger partial charge on any atom is -0.497 e. The summed E-state index contributed by atoms with van der Waals surface area (Å²) >= 11 is 0. The quantitative estimate of drug-likeness (QED) is 0.941. The lowest BCUT2D eigenvalue weighted by molar-refractivity contribution is 0.0910. The maximum absolute atomic E-state index is 12.1. The van der Waals surface area contributed by atoms with E-state index in [0.717, 1.165) is 23.6 Å². The van der Waals surface area contributed by atoms with Crippen LogP contribution < -0.4 is 10.1 Å². The lowest BCUT2D eigenvalue weighted by Gasteiger charge is -2.29. The molecule has 1 N–H and O–H groups in total. The minimum atomic E-state index is -0.0458. The number of rotatable bonds is 3. The molecule has 0 amide bonds. The second kappa shape index (κ2) is 5.40. The molecular weight excluding hydrogens is 278 g/mol. The Kier molecular flexibility index (Phi) is 3.56. The number of benzene rings is 1. The largest absolute Gasteiger partial charge is 0.497 e. The molecule has 0 unspecified atom stereocenters. The Hall–Kier alpha value is -2.43. The summed E-state index contributed by atoms with van der Waals surface area (Å²) in [5, 5.41) is 3.16. The molecule has 1 aliphatic rings. The number of aromatic nitrogens is 2. The van der Waals surface area contributed by atoms with E-state index in [0.29, 0.717) is 17.9 Å². The molecule has 0 bridgehead atoms. The van der Waals surface area contributed by atoms with Gasteiger partial charge in [0.15, 0.2) is 5.78 Å². The summed E-state index contributed by atoms with van der Waals surface area (Å²) in [4.78, 5) is 20.9. The molecule has 3 rings (SSSR count). The van der Waals surface area contributed by atoms with Crippen molar-refractivity contribution in [2.75, 3.05) is 12.4 Å². The van der Waals surface area contributed by atoms with E-state index in [-0.39, 0.29) is 11.2 Å². The van der Waals surface area contributed by atoms with Crippen LogP contribution in [0.3, 0.4) is 0 Å². The van der Waals surface area contributed by atoms with Gasteiger partial charge in [-0.25, -0.2) is 9.97 Å². The van der Waals surface area contributed by atoms with Crippen molar-refractivity contribution >= 4 is 17.4 Å². The summed E-state index contributed by atoms with van der Waals surface area (Å²) in [6.07, 6.45) is 2.97. The topological polar surface area (TPSA) is 64.1 Å². The standard InChI is InChI=1S/C17H19N3O2/c1-17(2)8-14-13(15(21)9-17)10-18-16(20-14)19-11-4-6-12(22-3)7-5-11/h4-7,10H,8-9H2,1-3H3,(H,18,19,20). The van der Waals surface area contributed by atoms with Crippen LogP contribution in [0.15, 0.2) is 30.5 Å². The van der Waals surface area contributed by atoms with Crippen molar-refractivity contribution in [2.45, 2.75) is 26.7 Å². The zero-order chi connectivity index (χ0) is 15.7. The number of carbonyl (C=O) groups is 1. The van der Waals surface area contributed by atoms with Gasteiger partial charge in [0.1, 0.15) is 5.75 Å². The normalized spacial score (nSPS) is 16.0. The van der Waals surface area contributed by atoms with Crippen molar-refractivity contribution in [3.63, 3.8) is 0 Å². The highest BCUT2D eigenvalue weighted by atomic mass is 16.5. The highest BCUT2D eigenvalue weighted by Gasteiger charge is 2.32. The van der Waals surface area contributed by atoms with Crippen molar-refractivity contribution < 1.29 is 9.53 Å². The van der Waals surface area contributed by atoms with Crippen molar-refractivity contribution in [1.29, 1.82) is 0 Å². The van der Waals surface area contributed by atoms with E-state index < -0.39 is 0 Å². The van der Waals surface area contributed by atoms with Crippen molar-refractivity contribution in [3.8, 4) is 5.75 Å². The van der Waals surface area contributed by atoms with Gasteiger partial charge in [0, 0.05) is 18.3 Å². The average molecular weight is 297 g/mol. The summed E-state index contributed by atoms with van der Waals surface area (Å²) in [6.45, 7) is 4.18. The molecular formula is C17H19N3O2. The minimum absolute atomic E-state index is 0.0458. The molecule has 2 aromatic rings. The van der Waals surface area contributed by atoms with Crippen LogP contribution in [0.1, 0.15) is 36.3 Å². The predicted molar refractivity (Wildman–Crippen MR) is 84.7 cm³/mol. The van der Waals surface area contributed by atoms with Crippen LogP contribution in [0, 0.1) is 5.41 Å². The van der Waals surface area contributed by atoms with Crippen LogP contribution in [0.4, 0.5) is 11.6 Å². The molecule has 114 valence electrons. The van der Waals surface area contributed by atoms with Gasteiger partial charge in [-0.1, -0.05) is 13.8 Å². The molecule has 1 heterocycles. The van der Waals surface area contributed by atoms with Gasteiger partial charge in [-0.2, -0.15) is 0 Å². The zero-order valence-electron chi connectivity index (χ0n) is 13.0. The molecule has 1 aromatic heterocycles. The number of ether oxygens (including phenoxy) is 1. The van der Waals surface area contributed by atoms with Gasteiger partial charge in [0.05, 0.1) is 18.4 Å². The molecule has 0 fully saturated rings. The third-order valence-corrected chi connectivity index (χ3v) is 3.80. The molecule has 0 saturated carbocycles. The molecule has 1 aliphatic carbocycles. The van der Waals surface area contributed by atoms with E-state index in [9.17, 15) is 4.79 Å². The Morgan fingerprint density at radius 3 is 2.59 bits per heavy atom. The van der Waals surface area contributed by atoms with E-state index in [4.69, 9.17) is 4.74 Å². The number of hydrogen-bond acceptors (Lipinski definition) is 5. The summed E-state index contributed by atoms with van der Waals surface area (Å²) in [7, 11) is 1.63. The van der Waals surface area contributed by atoms with Crippen LogP contribution >= 0.6 is 0 Å². The molecule has 0 saturated heterocycles. The molecule has 0 atom stereocenters. The molecule has 0 radical (unpaired) electrons. The molecule has 0 spiro atoms. The van der Waals surface area contributed by atoms with Gasteiger partial charge in [0.2, 0.25) is 5.95 Å². The molecule has 1 aromatic carbocycles. The number of nitrogens with one attached hydrogen (secondary N) is 1. The Morgan fingerprint density at radius 2 is 1.91 bits per heavy atom. The summed E-state index contributed by atoms with van der Waals surface area (Å²) in [6, 6.07) is 7.54. The van der Waals surface area contributed by atoms with Gasteiger partial charge >= 0.3 is 0 Å². The molecule has 5 nitrogen and oxygen atoms in total. The smallest absolute Gasteiger partial charge is 0.227 e. The Morgan fingerprint density at radius 1 is 1.18 bits per heavy atom. The molecule has 0 aliphatic heterocycles. The first kappa shape index (κ1) is 14.5.